The lowest BCUT2D eigenvalue weighted by atomic mass is 9.89. The van der Waals surface area contributed by atoms with Crippen LogP contribution in [0.15, 0.2) is 30.7 Å². The smallest absolute Gasteiger partial charge is 0.356 e. The van der Waals surface area contributed by atoms with Crippen LogP contribution in [-0.2, 0) is 12.7 Å². The molecule has 5 rings (SSSR count). The molecular formula is C20H20F5N7. The van der Waals surface area contributed by atoms with E-state index in [1.54, 1.807) is 6.20 Å². The highest BCUT2D eigenvalue weighted by Gasteiger charge is 2.38. The number of fused-ring (bicyclic) bond motifs is 2. The Balaban J connectivity index is 1.30. The molecule has 2 atom stereocenters. The van der Waals surface area contributed by atoms with Gasteiger partial charge in [0.05, 0.1) is 18.0 Å². The summed E-state index contributed by atoms with van der Waals surface area (Å²) in [6, 6.07) is 2.48. The number of alkyl halides is 5. The molecule has 2 aliphatic heterocycles. The van der Waals surface area contributed by atoms with Crippen LogP contribution in [0.3, 0.4) is 0 Å². The average molecular weight is 453 g/mol. The SMILES string of the molecule is FC(F)Cn1ncc2ncc(N3CC[C@H]4CN(c5ccc(C(F)(F)F)cn5)C[C@@H]4C3)nc21. The Hall–Kier alpha value is -3.05. The molecule has 5 heterocycles. The highest BCUT2D eigenvalue weighted by atomic mass is 19.4. The standard InChI is InChI=1S/C20H20F5N7/c21-16(22)11-32-19-15(6-28-32)26-7-18(29-19)30-4-3-12-8-31(10-13(12)9-30)17-2-1-14(5-27-17)20(23,24)25/h1-2,5-7,12-13,16H,3-4,8-11H2/t12-,13-/m0/s1. The van der Waals surface area contributed by atoms with Gasteiger partial charge in [0, 0.05) is 32.4 Å². The van der Waals surface area contributed by atoms with E-state index in [4.69, 9.17) is 0 Å². The summed E-state index contributed by atoms with van der Waals surface area (Å²) in [6.45, 7) is 2.31. The first-order valence-electron chi connectivity index (χ1n) is 10.3. The first-order valence-corrected chi connectivity index (χ1v) is 10.3. The van der Waals surface area contributed by atoms with E-state index < -0.39 is 24.7 Å². The topological polar surface area (TPSA) is 63.0 Å². The van der Waals surface area contributed by atoms with E-state index in [2.05, 4.69) is 25.0 Å². The van der Waals surface area contributed by atoms with Crippen LogP contribution in [0.1, 0.15) is 12.0 Å². The van der Waals surface area contributed by atoms with Crippen molar-refractivity contribution in [3.8, 4) is 0 Å². The second kappa shape index (κ2) is 7.82. The summed E-state index contributed by atoms with van der Waals surface area (Å²) < 4.78 is 65.1. The third-order valence-corrected chi connectivity index (χ3v) is 6.17. The fraction of sp³-hybridized carbons (Fsp3) is 0.500. The minimum atomic E-state index is -4.40. The van der Waals surface area contributed by atoms with Crippen LogP contribution in [0.2, 0.25) is 0 Å². The third-order valence-electron chi connectivity index (χ3n) is 6.17. The molecule has 3 aromatic rings. The van der Waals surface area contributed by atoms with E-state index in [9.17, 15) is 22.0 Å². The number of anilines is 2. The molecule has 0 aliphatic carbocycles. The molecule has 3 aromatic heterocycles. The van der Waals surface area contributed by atoms with Crippen molar-refractivity contribution in [3.05, 3.63) is 36.3 Å². The second-order valence-corrected chi connectivity index (χ2v) is 8.22. The van der Waals surface area contributed by atoms with Gasteiger partial charge in [-0.05, 0) is 30.4 Å². The Morgan fingerprint density at radius 2 is 1.72 bits per heavy atom. The Morgan fingerprint density at radius 1 is 0.938 bits per heavy atom. The number of hydrogen-bond donors (Lipinski definition) is 0. The van der Waals surface area contributed by atoms with Gasteiger partial charge in [-0.2, -0.15) is 18.3 Å². The zero-order valence-electron chi connectivity index (χ0n) is 16.9. The summed E-state index contributed by atoms with van der Waals surface area (Å²) in [6.07, 6.45) is -2.14. The Morgan fingerprint density at radius 3 is 2.44 bits per heavy atom. The van der Waals surface area contributed by atoms with Gasteiger partial charge in [-0.1, -0.05) is 0 Å². The number of pyridine rings is 1. The quantitative estimate of drug-likeness (QED) is 0.564. The molecule has 0 radical (unpaired) electrons. The lowest BCUT2D eigenvalue weighted by Crippen LogP contribution is -2.40. The summed E-state index contributed by atoms with van der Waals surface area (Å²) in [7, 11) is 0. The van der Waals surface area contributed by atoms with Crippen LogP contribution in [0, 0.1) is 11.8 Å². The molecule has 0 bridgehead atoms. The van der Waals surface area contributed by atoms with Gasteiger partial charge >= 0.3 is 6.18 Å². The van der Waals surface area contributed by atoms with Crippen LogP contribution in [0.25, 0.3) is 11.2 Å². The zero-order valence-corrected chi connectivity index (χ0v) is 16.9. The highest BCUT2D eigenvalue weighted by molar-refractivity contribution is 5.71. The van der Waals surface area contributed by atoms with Crippen LogP contribution < -0.4 is 9.80 Å². The van der Waals surface area contributed by atoms with Gasteiger partial charge in [-0.3, -0.25) is 0 Å². The largest absolute Gasteiger partial charge is 0.417 e. The first-order chi connectivity index (χ1) is 15.3. The molecule has 0 amide bonds. The summed E-state index contributed by atoms with van der Waals surface area (Å²) in [5, 5.41) is 3.95. The predicted octanol–water partition coefficient (Wildman–Crippen LogP) is 3.47. The van der Waals surface area contributed by atoms with E-state index in [1.807, 2.05) is 4.90 Å². The normalized spacial score (nSPS) is 21.6. The van der Waals surface area contributed by atoms with Crippen molar-refractivity contribution in [2.45, 2.75) is 25.6 Å². The van der Waals surface area contributed by atoms with Gasteiger partial charge in [0.25, 0.3) is 6.43 Å². The molecule has 0 aromatic carbocycles. The third kappa shape index (κ3) is 3.93. The number of nitrogens with zero attached hydrogens (tertiary/aromatic N) is 7. The fourth-order valence-corrected chi connectivity index (χ4v) is 4.56. The molecule has 0 spiro atoms. The van der Waals surface area contributed by atoms with E-state index in [0.29, 0.717) is 41.8 Å². The first kappa shape index (κ1) is 20.8. The van der Waals surface area contributed by atoms with E-state index in [-0.39, 0.29) is 5.92 Å². The van der Waals surface area contributed by atoms with Crippen molar-refractivity contribution in [2.24, 2.45) is 11.8 Å². The van der Waals surface area contributed by atoms with Gasteiger partial charge in [0.15, 0.2) is 5.65 Å². The number of hydrogen-bond acceptors (Lipinski definition) is 6. The van der Waals surface area contributed by atoms with Crippen molar-refractivity contribution >= 4 is 22.8 Å². The summed E-state index contributed by atoms with van der Waals surface area (Å²) in [5.41, 5.74) is 0.0284. The number of rotatable bonds is 4. The van der Waals surface area contributed by atoms with Crippen LogP contribution in [0.4, 0.5) is 33.6 Å². The van der Waals surface area contributed by atoms with Gasteiger partial charge < -0.3 is 9.80 Å². The van der Waals surface area contributed by atoms with Crippen LogP contribution in [0.5, 0.6) is 0 Å². The maximum atomic E-state index is 12.8. The number of aromatic nitrogens is 5. The van der Waals surface area contributed by atoms with Gasteiger partial charge in [-0.15, -0.1) is 0 Å². The predicted molar refractivity (Wildman–Crippen MR) is 107 cm³/mol. The Bertz CT molecular complexity index is 1100. The molecular weight excluding hydrogens is 433 g/mol. The van der Waals surface area contributed by atoms with E-state index >= 15 is 0 Å². The maximum absolute atomic E-state index is 12.8. The van der Waals surface area contributed by atoms with Crippen LogP contribution in [-0.4, -0.2) is 57.3 Å². The van der Waals surface area contributed by atoms with Crippen molar-refractivity contribution in [1.82, 2.24) is 24.7 Å². The zero-order chi connectivity index (χ0) is 22.5. The molecule has 170 valence electrons. The lowest BCUT2D eigenvalue weighted by molar-refractivity contribution is -0.137. The molecule has 32 heavy (non-hydrogen) atoms. The van der Waals surface area contributed by atoms with Gasteiger partial charge in [0.2, 0.25) is 0 Å². The molecule has 2 saturated heterocycles. The second-order valence-electron chi connectivity index (χ2n) is 8.22. The van der Waals surface area contributed by atoms with E-state index in [1.165, 1.54) is 12.3 Å². The monoisotopic (exact) mass is 453 g/mol. The summed E-state index contributed by atoms with van der Waals surface area (Å²) in [4.78, 5) is 17.0. The molecule has 0 unspecified atom stereocenters. The molecule has 2 aliphatic rings. The van der Waals surface area contributed by atoms with Crippen molar-refractivity contribution in [3.63, 3.8) is 0 Å². The molecule has 2 fully saturated rings. The maximum Gasteiger partial charge on any atom is 0.417 e. The van der Waals surface area contributed by atoms with Gasteiger partial charge in [-0.25, -0.2) is 28.4 Å². The summed E-state index contributed by atoms with van der Waals surface area (Å²) in [5.74, 6) is 1.84. The van der Waals surface area contributed by atoms with Crippen molar-refractivity contribution in [2.75, 3.05) is 36.0 Å². The van der Waals surface area contributed by atoms with Crippen molar-refractivity contribution in [1.29, 1.82) is 0 Å². The highest BCUT2D eigenvalue weighted by Crippen LogP contribution is 2.36. The average Bonchev–Trinajstić information content (AvgIpc) is 3.36. The Labute approximate surface area is 179 Å². The van der Waals surface area contributed by atoms with Crippen molar-refractivity contribution < 1.29 is 22.0 Å². The Kier molecular flexibility index (Phi) is 5.09. The van der Waals surface area contributed by atoms with Gasteiger partial charge in [0.1, 0.15) is 23.7 Å². The summed E-state index contributed by atoms with van der Waals surface area (Å²) >= 11 is 0. The minimum absolute atomic E-state index is 0.288. The number of piperidine rings is 1. The van der Waals surface area contributed by atoms with Crippen LogP contribution >= 0.6 is 0 Å². The van der Waals surface area contributed by atoms with E-state index in [0.717, 1.165) is 36.5 Å². The molecule has 0 N–H and O–H groups in total. The molecule has 7 nitrogen and oxygen atoms in total. The minimum Gasteiger partial charge on any atom is -0.356 e. The lowest BCUT2D eigenvalue weighted by Gasteiger charge is -2.34. The molecule has 0 saturated carbocycles. The number of halogens is 5. The molecule has 12 heteroatoms. The fourth-order valence-electron chi connectivity index (χ4n) is 4.56.